The van der Waals surface area contributed by atoms with Crippen LogP contribution in [0.4, 0.5) is 0 Å². The number of nitrogens with two attached hydrogens (primary N) is 1. The number of hydrogen-bond acceptors (Lipinski definition) is 6. The van der Waals surface area contributed by atoms with Gasteiger partial charge in [-0.25, -0.2) is 13.2 Å². The fourth-order valence-electron chi connectivity index (χ4n) is 4.26. The van der Waals surface area contributed by atoms with E-state index in [0.29, 0.717) is 19.4 Å². The summed E-state index contributed by atoms with van der Waals surface area (Å²) in [7, 11) is -3.86. The third-order valence-corrected chi connectivity index (χ3v) is 9.26. The first-order chi connectivity index (χ1) is 18.2. The molecule has 0 aromatic heterocycles. The average molecular weight is 562 g/mol. The van der Waals surface area contributed by atoms with Gasteiger partial charge in [0.25, 0.3) is 0 Å². The lowest BCUT2D eigenvalue weighted by Crippen LogP contribution is -2.51. The molecular formula is C26H35N5O5S2. The number of carbonyl (C=O) groups excluding carboxylic acids is 1. The Morgan fingerprint density at radius 3 is 2.47 bits per heavy atom. The molecule has 0 unspecified atom stereocenters. The lowest BCUT2D eigenvalue weighted by molar-refractivity contribution is -0.142. The van der Waals surface area contributed by atoms with Gasteiger partial charge in [0, 0.05) is 24.4 Å². The van der Waals surface area contributed by atoms with E-state index < -0.39 is 34.0 Å². The number of thioether (sulfide) groups is 1. The highest BCUT2D eigenvalue weighted by molar-refractivity contribution is 7.99. The maximum Gasteiger partial charge on any atom is 0.326 e. The zero-order valence-corrected chi connectivity index (χ0v) is 22.8. The normalized spacial score (nSPS) is 16.6. The van der Waals surface area contributed by atoms with Gasteiger partial charge in [0.1, 0.15) is 12.1 Å². The summed E-state index contributed by atoms with van der Waals surface area (Å²) in [6, 6.07) is 13.4. The number of nitrogens with one attached hydrogen (secondary N) is 3. The summed E-state index contributed by atoms with van der Waals surface area (Å²) in [4.78, 5) is 26.1. The summed E-state index contributed by atoms with van der Waals surface area (Å²) < 4.78 is 27.3. The molecule has 0 aliphatic carbocycles. The van der Waals surface area contributed by atoms with Gasteiger partial charge in [-0.15, -0.1) is 11.8 Å². The molecule has 0 spiro atoms. The van der Waals surface area contributed by atoms with Crippen molar-refractivity contribution < 1.29 is 23.1 Å². The quantitative estimate of drug-likeness (QED) is 0.101. The number of hydrogen-bond donors (Lipinski definition) is 5. The van der Waals surface area contributed by atoms with E-state index in [1.165, 1.54) is 16.4 Å². The summed E-state index contributed by atoms with van der Waals surface area (Å²) in [5.41, 5.74) is 6.01. The second-order valence-electron chi connectivity index (χ2n) is 9.08. The first-order valence-electron chi connectivity index (χ1n) is 12.6. The molecule has 0 saturated carbocycles. The van der Waals surface area contributed by atoms with Crippen LogP contribution in [0, 0.1) is 5.41 Å². The van der Waals surface area contributed by atoms with Gasteiger partial charge in [-0.3, -0.25) is 10.2 Å². The highest BCUT2D eigenvalue weighted by atomic mass is 32.2. The lowest BCUT2D eigenvalue weighted by Gasteiger charge is -2.25. The van der Waals surface area contributed by atoms with Gasteiger partial charge in [0.2, 0.25) is 15.9 Å². The van der Waals surface area contributed by atoms with Gasteiger partial charge in [0.15, 0.2) is 5.96 Å². The number of carboxylic acids is 1. The number of amides is 1. The zero-order valence-electron chi connectivity index (χ0n) is 21.1. The Morgan fingerprint density at radius 2 is 1.82 bits per heavy atom. The third-order valence-electron chi connectivity index (χ3n) is 6.24. The maximum absolute atomic E-state index is 13.1. The summed E-state index contributed by atoms with van der Waals surface area (Å²) in [5.74, 6) is -0.843. The molecule has 3 rings (SSSR count). The predicted octanol–water partition coefficient (Wildman–Crippen LogP) is 2.40. The molecule has 1 amide bonds. The van der Waals surface area contributed by atoms with Crippen LogP contribution in [0.15, 0.2) is 64.4 Å². The Bertz CT molecular complexity index is 1190. The molecule has 38 heavy (non-hydrogen) atoms. The predicted molar refractivity (Wildman–Crippen MR) is 148 cm³/mol. The van der Waals surface area contributed by atoms with Gasteiger partial charge < -0.3 is 21.5 Å². The van der Waals surface area contributed by atoms with Crippen molar-refractivity contribution in [3.8, 4) is 0 Å². The number of nitrogens with zero attached hydrogens (tertiary/aromatic N) is 1. The minimum absolute atomic E-state index is 0.0133. The van der Waals surface area contributed by atoms with E-state index in [2.05, 4.69) is 10.6 Å². The Kier molecular flexibility index (Phi) is 11.0. The molecule has 10 nitrogen and oxygen atoms in total. The van der Waals surface area contributed by atoms with Crippen LogP contribution in [0.3, 0.4) is 0 Å². The third kappa shape index (κ3) is 8.47. The molecule has 6 N–H and O–H groups in total. The van der Waals surface area contributed by atoms with Crippen LogP contribution >= 0.6 is 11.8 Å². The van der Waals surface area contributed by atoms with Gasteiger partial charge in [-0.2, -0.15) is 4.31 Å². The molecule has 206 valence electrons. The van der Waals surface area contributed by atoms with Crippen LogP contribution in [0.5, 0.6) is 0 Å². The van der Waals surface area contributed by atoms with Crippen LogP contribution in [0.2, 0.25) is 0 Å². The van der Waals surface area contributed by atoms with E-state index in [1.54, 1.807) is 30.0 Å². The first-order valence-corrected chi connectivity index (χ1v) is 15.0. The lowest BCUT2D eigenvalue weighted by atomic mass is 10.1. The standard InChI is InChI=1S/C26H35N5O5S2/c27-26(28)29-15-5-2-6-17-37-20-13-11-19(12-14-20)18-22(25(33)34)30-24(32)23-10-7-16-31(23)38(35,36)21-8-3-1-4-9-21/h1,3-4,8-9,11-14,22-23H,2,5-7,10,15-18H2,(H,30,32)(H,33,34)(H4,27,28,29)/t22-,23-/m0/s1. The second kappa shape index (κ2) is 14.2. The largest absolute Gasteiger partial charge is 0.480 e. The van der Waals surface area contributed by atoms with Crippen LogP contribution < -0.4 is 16.4 Å². The van der Waals surface area contributed by atoms with Crippen molar-refractivity contribution in [3.05, 3.63) is 60.2 Å². The Hall–Kier alpha value is -3.09. The molecule has 1 aliphatic heterocycles. The number of unbranched alkanes of at least 4 members (excludes halogenated alkanes) is 2. The van der Waals surface area contributed by atoms with Crippen molar-refractivity contribution in [2.24, 2.45) is 5.73 Å². The van der Waals surface area contributed by atoms with Crippen molar-refractivity contribution in [1.82, 2.24) is 14.9 Å². The number of benzene rings is 2. The highest BCUT2D eigenvalue weighted by Crippen LogP contribution is 2.26. The van der Waals surface area contributed by atoms with E-state index in [4.69, 9.17) is 11.1 Å². The minimum atomic E-state index is -3.86. The number of sulfonamides is 1. The van der Waals surface area contributed by atoms with Crippen LogP contribution in [0.25, 0.3) is 0 Å². The zero-order chi connectivity index (χ0) is 27.5. The molecular weight excluding hydrogens is 526 g/mol. The summed E-state index contributed by atoms with van der Waals surface area (Å²) in [6.45, 7) is 0.902. The van der Waals surface area contributed by atoms with Crippen LogP contribution in [-0.4, -0.2) is 66.6 Å². The van der Waals surface area contributed by atoms with Crippen LogP contribution in [0.1, 0.15) is 37.7 Å². The highest BCUT2D eigenvalue weighted by Gasteiger charge is 2.40. The molecule has 2 aromatic carbocycles. The Labute approximate surface area is 227 Å². The van der Waals surface area contributed by atoms with Gasteiger partial charge in [0.05, 0.1) is 4.90 Å². The van der Waals surface area contributed by atoms with E-state index in [0.717, 1.165) is 35.5 Å². The van der Waals surface area contributed by atoms with E-state index in [9.17, 15) is 23.1 Å². The summed E-state index contributed by atoms with van der Waals surface area (Å²) in [5, 5.41) is 22.2. The van der Waals surface area contributed by atoms with Gasteiger partial charge >= 0.3 is 5.97 Å². The maximum atomic E-state index is 13.1. The molecule has 1 aliphatic rings. The minimum Gasteiger partial charge on any atom is -0.480 e. The molecule has 12 heteroatoms. The molecule has 1 fully saturated rings. The molecule has 2 atom stereocenters. The van der Waals surface area contributed by atoms with E-state index in [-0.39, 0.29) is 23.8 Å². The summed E-state index contributed by atoms with van der Waals surface area (Å²) >= 11 is 1.71. The van der Waals surface area contributed by atoms with Crippen molar-refractivity contribution in [1.29, 1.82) is 5.41 Å². The van der Waals surface area contributed by atoms with Gasteiger partial charge in [-0.1, -0.05) is 36.8 Å². The molecule has 0 bridgehead atoms. The summed E-state index contributed by atoms with van der Waals surface area (Å²) in [6.07, 6.45) is 3.94. The topological polar surface area (TPSA) is 166 Å². The molecule has 1 saturated heterocycles. The smallest absolute Gasteiger partial charge is 0.326 e. The molecule has 2 aromatic rings. The molecule has 1 heterocycles. The fraction of sp³-hybridized carbons (Fsp3) is 0.423. The number of carbonyl (C=O) groups is 2. The van der Waals surface area contributed by atoms with E-state index >= 15 is 0 Å². The Morgan fingerprint density at radius 1 is 1.11 bits per heavy atom. The molecule has 0 radical (unpaired) electrons. The second-order valence-corrected chi connectivity index (χ2v) is 12.1. The average Bonchev–Trinajstić information content (AvgIpc) is 3.40. The van der Waals surface area contributed by atoms with Crippen molar-refractivity contribution in [3.63, 3.8) is 0 Å². The van der Waals surface area contributed by atoms with Crippen LogP contribution in [-0.2, 0) is 26.0 Å². The fourth-order valence-corrected chi connectivity index (χ4v) is 6.85. The number of rotatable bonds is 14. The SMILES string of the molecule is N=C(N)NCCCCCSc1ccc(C[C@H](NC(=O)[C@@H]2CCCN2S(=O)(=O)c2ccccc2)C(=O)O)cc1. The number of carboxylic acid groups (broad SMARTS) is 1. The first kappa shape index (κ1) is 29.5. The van der Waals surface area contributed by atoms with Crippen molar-refractivity contribution in [2.75, 3.05) is 18.8 Å². The van der Waals surface area contributed by atoms with Crippen molar-refractivity contribution in [2.45, 2.75) is 60.4 Å². The Balaban J connectivity index is 1.52. The van der Waals surface area contributed by atoms with E-state index in [1.807, 2.05) is 24.3 Å². The monoisotopic (exact) mass is 561 g/mol. The number of guanidine groups is 1. The number of aliphatic carboxylic acids is 1. The van der Waals surface area contributed by atoms with Gasteiger partial charge in [-0.05, 0) is 61.3 Å². The van der Waals surface area contributed by atoms with Crippen molar-refractivity contribution >= 4 is 39.6 Å².